The summed E-state index contributed by atoms with van der Waals surface area (Å²) < 4.78 is 5.24. The van der Waals surface area contributed by atoms with Crippen molar-refractivity contribution in [3.8, 4) is 0 Å². The number of aromatic nitrogens is 3. The number of likely N-dealkylation sites (tertiary alicyclic amines) is 1. The summed E-state index contributed by atoms with van der Waals surface area (Å²) in [5, 5.41) is 3.17. The average Bonchev–Trinajstić information content (AvgIpc) is 3.27. The van der Waals surface area contributed by atoms with E-state index in [1.807, 2.05) is 23.1 Å². The van der Waals surface area contributed by atoms with Gasteiger partial charge in [-0.15, -0.1) is 0 Å². The maximum Gasteiger partial charge on any atom is 0.246 e. The first kappa shape index (κ1) is 17.9. The molecule has 4 rings (SSSR count). The van der Waals surface area contributed by atoms with Crippen LogP contribution < -0.4 is 5.32 Å². The Hall–Kier alpha value is -3.48. The molecule has 1 unspecified atom stereocenters. The average molecular weight is 375 g/mol. The quantitative estimate of drug-likeness (QED) is 0.686. The number of hydrogen-bond donors (Lipinski definition) is 1. The van der Waals surface area contributed by atoms with Gasteiger partial charge in [-0.2, -0.15) is 0 Å². The number of carbonyl (C=O) groups excluding carboxylic acids is 1. The van der Waals surface area contributed by atoms with Crippen molar-refractivity contribution < 1.29 is 9.21 Å². The summed E-state index contributed by atoms with van der Waals surface area (Å²) >= 11 is 0. The Morgan fingerprint density at radius 2 is 2.14 bits per heavy atom. The van der Waals surface area contributed by atoms with Crippen molar-refractivity contribution >= 4 is 23.6 Å². The van der Waals surface area contributed by atoms with Gasteiger partial charge in [0.1, 0.15) is 17.4 Å². The van der Waals surface area contributed by atoms with Gasteiger partial charge in [-0.25, -0.2) is 9.97 Å². The van der Waals surface area contributed by atoms with E-state index in [4.69, 9.17) is 4.42 Å². The minimum atomic E-state index is 0.00747. The molecule has 1 atom stereocenters. The van der Waals surface area contributed by atoms with E-state index in [0.29, 0.717) is 18.1 Å². The topological polar surface area (TPSA) is 84.2 Å². The zero-order valence-electron chi connectivity index (χ0n) is 15.4. The van der Waals surface area contributed by atoms with Gasteiger partial charge in [0.2, 0.25) is 5.91 Å². The Kier molecular flexibility index (Phi) is 5.42. The fraction of sp³-hybridized carbons (Fsp3) is 0.238. The maximum atomic E-state index is 12.5. The molecule has 4 heterocycles. The fourth-order valence-electron chi connectivity index (χ4n) is 3.36. The molecular formula is C21H21N5O2. The maximum absolute atomic E-state index is 12.5. The molecule has 1 N–H and O–H groups in total. The summed E-state index contributed by atoms with van der Waals surface area (Å²) in [5.74, 6) is 2.33. The highest BCUT2D eigenvalue weighted by Crippen LogP contribution is 2.28. The lowest BCUT2D eigenvalue weighted by Crippen LogP contribution is -2.38. The molecule has 7 nitrogen and oxygen atoms in total. The minimum absolute atomic E-state index is 0.00747. The van der Waals surface area contributed by atoms with Crippen LogP contribution in [0.1, 0.15) is 30.1 Å². The van der Waals surface area contributed by atoms with Crippen LogP contribution in [0.5, 0.6) is 0 Å². The highest BCUT2D eigenvalue weighted by Gasteiger charge is 2.24. The van der Waals surface area contributed by atoms with Crippen molar-refractivity contribution in [2.75, 3.05) is 18.4 Å². The molecule has 142 valence electrons. The number of furan rings is 1. The highest BCUT2D eigenvalue weighted by atomic mass is 16.3. The fourth-order valence-corrected chi connectivity index (χ4v) is 3.36. The molecule has 0 aliphatic carbocycles. The molecule has 3 aromatic rings. The van der Waals surface area contributed by atoms with Crippen molar-refractivity contribution in [1.29, 1.82) is 0 Å². The number of hydrogen-bond acceptors (Lipinski definition) is 6. The summed E-state index contributed by atoms with van der Waals surface area (Å²) in [5.41, 5.74) is 1.16. The Morgan fingerprint density at radius 1 is 1.21 bits per heavy atom. The number of anilines is 2. The smallest absolute Gasteiger partial charge is 0.246 e. The van der Waals surface area contributed by atoms with Gasteiger partial charge >= 0.3 is 0 Å². The van der Waals surface area contributed by atoms with Gasteiger partial charge in [0, 0.05) is 43.7 Å². The van der Waals surface area contributed by atoms with E-state index in [1.54, 1.807) is 49.3 Å². The van der Waals surface area contributed by atoms with Crippen LogP contribution in [0.3, 0.4) is 0 Å². The Labute approximate surface area is 163 Å². The second kappa shape index (κ2) is 8.47. The molecule has 7 heteroatoms. The number of pyridine rings is 1. The molecule has 1 aliphatic heterocycles. The van der Waals surface area contributed by atoms with Crippen molar-refractivity contribution in [3.63, 3.8) is 0 Å². The number of nitrogens with zero attached hydrogens (tertiary/aromatic N) is 4. The second-order valence-corrected chi connectivity index (χ2v) is 6.66. The summed E-state index contributed by atoms with van der Waals surface area (Å²) in [6, 6.07) is 7.66. The van der Waals surface area contributed by atoms with Crippen LogP contribution in [0, 0.1) is 0 Å². The van der Waals surface area contributed by atoms with Gasteiger partial charge in [0.15, 0.2) is 0 Å². The van der Waals surface area contributed by atoms with E-state index in [1.165, 1.54) is 0 Å². The largest absolute Gasteiger partial charge is 0.465 e. The van der Waals surface area contributed by atoms with E-state index >= 15 is 0 Å². The number of nitrogens with one attached hydrogen (secondary N) is 1. The standard InChI is InChI=1S/C21H21N5O2/c27-21(6-5-18-4-2-12-28-18)26-11-1-3-17(15-26)16-7-8-23-19(13-16)25-20-14-22-9-10-24-20/h2,4-10,12-14,17H,1,3,11,15H2,(H,23,24,25). The van der Waals surface area contributed by atoms with Crippen LogP contribution in [0.4, 0.5) is 11.6 Å². The molecule has 0 saturated carbocycles. The molecular weight excluding hydrogens is 354 g/mol. The first-order valence-corrected chi connectivity index (χ1v) is 9.27. The van der Waals surface area contributed by atoms with Crippen LogP contribution in [0.2, 0.25) is 0 Å². The lowest BCUT2D eigenvalue weighted by atomic mass is 9.91. The van der Waals surface area contributed by atoms with Crippen molar-refractivity contribution in [2.45, 2.75) is 18.8 Å². The molecule has 1 aliphatic rings. The second-order valence-electron chi connectivity index (χ2n) is 6.66. The lowest BCUT2D eigenvalue weighted by molar-refractivity contribution is -0.127. The van der Waals surface area contributed by atoms with Crippen LogP contribution in [0.25, 0.3) is 6.08 Å². The third-order valence-electron chi connectivity index (χ3n) is 4.74. The Morgan fingerprint density at radius 3 is 2.96 bits per heavy atom. The predicted molar refractivity (Wildman–Crippen MR) is 106 cm³/mol. The number of carbonyl (C=O) groups is 1. The molecule has 3 aromatic heterocycles. The summed E-state index contributed by atoms with van der Waals surface area (Å²) in [6.45, 7) is 1.46. The molecule has 0 spiro atoms. The summed E-state index contributed by atoms with van der Waals surface area (Å²) in [4.78, 5) is 27.0. The SMILES string of the molecule is O=C(C=Cc1ccco1)N1CCCC(c2ccnc(Nc3cnccn3)c2)C1. The third kappa shape index (κ3) is 4.43. The lowest BCUT2D eigenvalue weighted by Gasteiger charge is -2.32. The van der Waals surface area contributed by atoms with Crippen molar-refractivity contribution in [3.05, 3.63) is 72.7 Å². The Balaban J connectivity index is 1.43. The first-order valence-electron chi connectivity index (χ1n) is 9.27. The zero-order valence-corrected chi connectivity index (χ0v) is 15.4. The van der Waals surface area contributed by atoms with E-state index in [2.05, 4.69) is 20.3 Å². The van der Waals surface area contributed by atoms with Gasteiger partial charge < -0.3 is 14.6 Å². The monoisotopic (exact) mass is 375 g/mol. The summed E-state index contributed by atoms with van der Waals surface area (Å²) in [6.07, 6.45) is 13.6. The predicted octanol–water partition coefficient (Wildman–Crippen LogP) is 3.63. The normalized spacial score (nSPS) is 17.0. The first-order chi connectivity index (χ1) is 13.8. The number of piperidine rings is 1. The van der Waals surface area contributed by atoms with Crippen LogP contribution >= 0.6 is 0 Å². The third-order valence-corrected chi connectivity index (χ3v) is 4.74. The van der Waals surface area contributed by atoms with E-state index < -0.39 is 0 Å². The van der Waals surface area contributed by atoms with Gasteiger partial charge in [0.05, 0.1) is 12.5 Å². The Bertz CT molecular complexity index is 940. The van der Waals surface area contributed by atoms with Gasteiger partial charge in [-0.05, 0) is 48.7 Å². The molecule has 0 radical (unpaired) electrons. The van der Waals surface area contributed by atoms with Crippen LogP contribution in [-0.4, -0.2) is 38.8 Å². The van der Waals surface area contributed by atoms with Gasteiger partial charge in [-0.3, -0.25) is 9.78 Å². The van der Waals surface area contributed by atoms with E-state index in [0.717, 1.165) is 30.8 Å². The van der Waals surface area contributed by atoms with Crippen LogP contribution in [-0.2, 0) is 4.79 Å². The molecule has 28 heavy (non-hydrogen) atoms. The minimum Gasteiger partial charge on any atom is -0.465 e. The molecule has 1 saturated heterocycles. The van der Waals surface area contributed by atoms with Crippen molar-refractivity contribution in [1.82, 2.24) is 19.9 Å². The number of amides is 1. The van der Waals surface area contributed by atoms with E-state index in [-0.39, 0.29) is 11.8 Å². The van der Waals surface area contributed by atoms with E-state index in [9.17, 15) is 4.79 Å². The zero-order chi connectivity index (χ0) is 19.2. The van der Waals surface area contributed by atoms with Gasteiger partial charge in [-0.1, -0.05) is 0 Å². The highest BCUT2D eigenvalue weighted by molar-refractivity contribution is 5.91. The van der Waals surface area contributed by atoms with Gasteiger partial charge in [0.25, 0.3) is 0 Å². The molecule has 0 aromatic carbocycles. The molecule has 1 fully saturated rings. The van der Waals surface area contributed by atoms with Crippen LogP contribution in [0.15, 0.2) is 65.8 Å². The molecule has 0 bridgehead atoms. The molecule has 1 amide bonds. The van der Waals surface area contributed by atoms with Crippen molar-refractivity contribution in [2.24, 2.45) is 0 Å². The summed E-state index contributed by atoms with van der Waals surface area (Å²) in [7, 11) is 0. The number of rotatable bonds is 5.